The Morgan fingerprint density at radius 3 is 2.19 bits per heavy atom. The molecule has 0 fully saturated rings. The molecule has 0 N–H and O–H groups in total. The Morgan fingerprint density at radius 1 is 0.750 bits per heavy atom. The van der Waals surface area contributed by atoms with Crippen molar-refractivity contribution in [1.29, 1.82) is 0 Å². The summed E-state index contributed by atoms with van der Waals surface area (Å²) in [6.07, 6.45) is 5.54. The van der Waals surface area contributed by atoms with Gasteiger partial charge >= 0.3 is 0 Å². The number of hydrogen-bond donors (Lipinski definition) is 0. The lowest BCUT2D eigenvalue weighted by atomic mass is 9.90. The molecule has 32 heavy (non-hydrogen) atoms. The van der Waals surface area contributed by atoms with Gasteiger partial charge in [0.1, 0.15) is 0 Å². The zero-order chi connectivity index (χ0) is 22.2. The third-order valence-corrected chi connectivity index (χ3v) is 6.24. The molecule has 0 atom stereocenters. The smallest absolute Gasteiger partial charge is 0.0488 e. The monoisotopic (exact) mass is 412 g/mol. The Morgan fingerprint density at radius 2 is 1.44 bits per heavy atom. The standard InChI is InChI=1S/C30H24N2/c1-5-22-11-13-26(28-12-10-20(2)21(3)30(22)28)25-14-15-29(27-9-7-6-8-24(25)27)32(4)23-16-18-31-19-17-23/h5-19H,1-3H2,4H3. The quantitative estimate of drug-likeness (QED) is 0.345. The Bertz CT molecular complexity index is 1580. The number of nitrogens with zero attached hydrogens (tertiary/aromatic N) is 2. The van der Waals surface area contributed by atoms with Gasteiger partial charge in [0.25, 0.3) is 0 Å². The normalized spacial score (nSPS) is 11.0. The first-order chi connectivity index (χ1) is 15.6. The van der Waals surface area contributed by atoms with Crippen LogP contribution in [0.1, 0.15) is 5.56 Å². The van der Waals surface area contributed by atoms with Crippen molar-refractivity contribution in [3.05, 3.63) is 108 Å². The van der Waals surface area contributed by atoms with Gasteiger partial charge in [-0.3, -0.25) is 4.98 Å². The van der Waals surface area contributed by atoms with Crippen LogP contribution in [0.5, 0.6) is 0 Å². The van der Waals surface area contributed by atoms with E-state index in [4.69, 9.17) is 0 Å². The van der Waals surface area contributed by atoms with Crippen LogP contribution in [-0.4, -0.2) is 12.0 Å². The van der Waals surface area contributed by atoms with Crippen molar-refractivity contribution >= 4 is 52.2 Å². The summed E-state index contributed by atoms with van der Waals surface area (Å²) >= 11 is 0. The lowest BCUT2D eigenvalue weighted by Crippen LogP contribution is -2.22. The molecule has 5 aromatic rings. The lowest BCUT2D eigenvalue weighted by Gasteiger charge is -2.23. The summed E-state index contributed by atoms with van der Waals surface area (Å²) < 4.78 is 0. The average molecular weight is 413 g/mol. The Hall–Kier alpha value is -4.17. The highest BCUT2D eigenvalue weighted by molar-refractivity contribution is 6.10. The van der Waals surface area contributed by atoms with Crippen LogP contribution in [0, 0.1) is 0 Å². The molecule has 2 heteroatoms. The maximum Gasteiger partial charge on any atom is 0.0488 e. The molecule has 1 aromatic heterocycles. The van der Waals surface area contributed by atoms with Gasteiger partial charge in [-0.25, -0.2) is 0 Å². The fourth-order valence-electron chi connectivity index (χ4n) is 4.51. The molecule has 1 heterocycles. The summed E-state index contributed by atoms with van der Waals surface area (Å²) in [5.41, 5.74) is 5.72. The van der Waals surface area contributed by atoms with Gasteiger partial charge < -0.3 is 4.90 Å². The maximum atomic E-state index is 4.30. The highest BCUT2D eigenvalue weighted by Crippen LogP contribution is 2.39. The second-order valence-electron chi connectivity index (χ2n) is 7.97. The molecule has 0 saturated heterocycles. The maximum absolute atomic E-state index is 4.30. The summed E-state index contributed by atoms with van der Waals surface area (Å²) in [4.78, 5) is 6.35. The van der Waals surface area contributed by atoms with E-state index in [1.165, 1.54) is 27.3 Å². The second-order valence-corrected chi connectivity index (χ2v) is 7.97. The Balaban J connectivity index is 1.80. The lowest BCUT2D eigenvalue weighted by molar-refractivity contribution is 1.20. The molecule has 5 rings (SSSR count). The molecular formula is C30H24N2. The zero-order valence-electron chi connectivity index (χ0n) is 18.2. The molecule has 0 unspecified atom stereocenters. The van der Waals surface area contributed by atoms with Gasteiger partial charge in [0.2, 0.25) is 0 Å². The predicted octanol–water partition coefficient (Wildman–Crippen LogP) is 6.29. The van der Waals surface area contributed by atoms with Gasteiger partial charge in [-0.05, 0) is 61.5 Å². The van der Waals surface area contributed by atoms with E-state index >= 15 is 0 Å². The first-order valence-electron chi connectivity index (χ1n) is 10.6. The van der Waals surface area contributed by atoms with Crippen molar-refractivity contribution in [3.63, 3.8) is 0 Å². The van der Waals surface area contributed by atoms with E-state index in [1.54, 1.807) is 0 Å². The van der Waals surface area contributed by atoms with E-state index in [1.807, 2.05) is 30.6 Å². The van der Waals surface area contributed by atoms with E-state index < -0.39 is 0 Å². The van der Waals surface area contributed by atoms with E-state index in [-0.39, 0.29) is 0 Å². The Labute approximate surface area is 188 Å². The van der Waals surface area contributed by atoms with Crippen LogP contribution in [0.4, 0.5) is 11.4 Å². The topological polar surface area (TPSA) is 16.1 Å². The molecule has 0 aliphatic rings. The van der Waals surface area contributed by atoms with E-state index in [0.29, 0.717) is 0 Å². The molecule has 4 aromatic carbocycles. The van der Waals surface area contributed by atoms with Crippen molar-refractivity contribution < 1.29 is 0 Å². The number of aromatic nitrogens is 1. The SMILES string of the molecule is C=Cc1ccc(-c2ccc(N(C)c3ccncc3)c3ccccc23)c2ccc(=C)c(=C)c12. The van der Waals surface area contributed by atoms with Gasteiger partial charge in [0, 0.05) is 36.2 Å². The second kappa shape index (κ2) is 7.82. The first kappa shape index (κ1) is 19.8. The molecule has 154 valence electrons. The molecule has 0 amide bonds. The summed E-state index contributed by atoms with van der Waals surface area (Å²) in [5, 5.41) is 6.60. The molecule has 0 spiro atoms. The number of anilines is 2. The fraction of sp³-hybridized carbons (Fsp3) is 0.0333. The van der Waals surface area contributed by atoms with E-state index in [9.17, 15) is 0 Å². The molecule has 2 nitrogen and oxygen atoms in total. The first-order valence-corrected chi connectivity index (χ1v) is 10.6. The number of benzene rings is 4. The third-order valence-electron chi connectivity index (χ3n) is 6.24. The number of fused-ring (bicyclic) bond motifs is 2. The number of pyridine rings is 1. The van der Waals surface area contributed by atoms with Gasteiger partial charge in [0.15, 0.2) is 0 Å². The van der Waals surface area contributed by atoms with Crippen LogP contribution in [0.3, 0.4) is 0 Å². The third kappa shape index (κ3) is 3.09. The van der Waals surface area contributed by atoms with Crippen molar-refractivity contribution in [1.82, 2.24) is 4.98 Å². The summed E-state index contributed by atoms with van der Waals surface area (Å²) in [6, 6.07) is 25.6. The van der Waals surface area contributed by atoms with E-state index in [2.05, 4.69) is 97.3 Å². The summed E-state index contributed by atoms with van der Waals surface area (Å²) in [7, 11) is 2.09. The molecular weight excluding hydrogens is 388 g/mol. The Kier molecular flexibility index (Phi) is 4.84. The summed E-state index contributed by atoms with van der Waals surface area (Å²) in [6.45, 7) is 12.5. The number of rotatable bonds is 4. The largest absolute Gasteiger partial charge is 0.344 e. The van der Waals surface area contributed by atoms with Crippen molar-refractivity contribution in [2.45, 2.75) is 0 Å². The minimum Gasteiger partial charge on any atom is -0.344 e. The van der Waals surface area contributed by atoms with Crippen LogP contribution < -0.4 is 15.3 Å². The molecule has 0 aliphatic carbocycles. The molecule has 0 radical (unpaired) electrons. The van der Waals surface area contributed by atoms with Crippen molar-refractivity contribution in [2.24, 2.45) is 0 Å². The van der Waals surface area contributed by atoms with Crippen LogP contribution in [-0.2, 0) is 0 Å². The van der Waals surface area contributed by atoms with Crippen LogP contribution in [0.15, 0.2) is 91.8 Å². The van der Waals surface area contributed by atoms with Crippen molar-refractivity contribution in [2.75, 3.05) is 11.9 Å². The van der Waals surface area contributed by atoms with Crippen molar-refractivity contribution in [3.8, 4) is 11.1 Å². The highest BCUT2D eigenvalue weighted by atomic mass is 15.1. The number of hydrogen-bond acceptors (Lipinski definition) is 2. The van der Waals surface area contributed by atoms with Crippen LogP contribution in [0.2, 0.25) is 0 Å². The van der Waals surface area contributed by atoms with Gasteiger partial charge in [-0.1, -0.05) is 80.4 Å². The van der Waals surface area contributed by atoms with Crippen LogP contribution in [0.25, 0.3) is 51.9 Å². The molecule has 0 bridgehead atoms. The minimum absolute atomic E-state index is 0.942. The van der Waals surface area contributed by atoms with Gasteiger partial charge in [0.05, 0.1) is 0 Å². The zero-order valence-corrected chi connectivity index (χ0v) is 18.2. The molecule has 0 saturated carbocycles. The highest BCUT2D eigenvalue weighted by Gasteiger charge is 2.14. The van der Waals surface area contributed by atoms with E-state index in [0.717, 1.165) is 32.8 Å². The fourth-order valence-corrected chi connectivity index (χ4v) is 4.51. The average Bonchev–Trinajstić information content (AvgIpc) is 2.85. The van der Waals surface area contributed by atoms with Gasteiger partial charge in [-0.15, -0.1) is 0 Å². The predicted molar refractivity (Wildman–Crippen MR) is 140 cm³/mol. The molecule has 0 aliphatic heterocycles. The van der Waals surface area contributed by atoms with Gasteiger partial charge in [-0.2, -0.15) is 0 Å². The van der Waals surface area contributed by atoms with Crippen LogP contribution >= 0.6 is 0 Å². The minimum atomic E-state index is 0.942. The summed E-state index contributed by atoms with van der Waals surface area (Å²) in [5.74, 6) is 0.